The molecule has 0 fully saturated rings. The number of allylic oxidation sites excluding steroid dienone is 20. The second-order valence-corrected chi connectivity index (χ2v) is 19.5. The molecule has 1 atom stereocenters. The molecule has 0 spiro atoms. The zero-order valence-electron chi connectivity index (χ0n) is 47.4. The van der Waals surface area contributed by atoms with Crippen LogP contribution >= 0.6 is 0 Å². The lowest BCUT2D eigenvalue weighted by Crippen LogP contribution is -2.30. The lowest BCUT2D eigenvalue weighted by atomic mass is 10.1. The maximum Gasteiger partial charge on any atom is 0.306 e. The molecule has 0 saturated carbocycles. The highest BCUT2D eigenvalue weighted by molar-refractivity contribution is 5.71. The van der Waals surface area contributed by atoms with E-state index in [2.05, 4.69) is 136 Å². The third-order valence-corrected chi connectivity index (χ3v) is 12.4. The minimum absolute atomic E-state index is 0.117. The predicted octanol–water partition coefficient (Wildman–Crippen LogP) is 20.4. The Morgan fingerprint density at radius 1 is 0.288 bits per heavy atom. The lowest BCUT2D eigenvalue weighted by molar-refractivity contribution is -0.166. The topological polar surface area (TPSA) is 78.9 Å². The molecule has 0 aliphatic rings. The molecule has 0 amide bonds. The Kier molecular flexibility index (Phi) is 56.9. The van der Waals surface area contributed by atoms with Crippen LogP contribution in [-0.4, -0.2) is 37.2 Å². The Labute approximate surface area is 450 Å². The van der Waals surface area contributed by atoms with Gasteiger partial charge in [0.15, 0.2) is 6.10 Å². The molecule has 73 heavy (non-hydrogen) atoms. The van der Waals surface area contributed by atoms with Crippen molar-refractivity contribution in [2.24, 2.45) is 0 Å². The fourth-order valence-corrected chi connectivity index (χ4v) is 7.94. The smallest absolute Gasteiger partial charge is 0.306 e. The summed E-state index contributed by atoms with van der Waals surface area (Å²) < 4.78 is 16.8. The summed E-state index contributed by atoms with van der Waals surface area (Å²) in [6, 6.07) is 0. The average molecular weight is 1010 g/mol. The first-order chi connectivity index (χ1) is 36.0. The van der Waals surface area contributed by atoms with Gasteiger partial charge in [0.2, 0.25) is 0 Å². The minimum Gasteiger partial charge on any atom is -0.462 e. The second-order valence-electron chi connectivity index (χ2n) is 19.5. The van der Waals surface area contributed by atoms with Crippen LogP contribution in [0.3, 0.4) is 0 Å². The highest BCUT2D eigenvalue weighted by atomic mass is 16.6. The maximum atomic E-state index is 12.9. The number of carbonyl (C=O) groups excluding carboxylic acids is 3. The number of esters is 3. The Bertz CT molecular complexity index is 1540. The summed E-state index contributed by atoms with van der Waals surface area (Å²) in [5, 5.41) is 0. The van der Waals surface area contributed by atoms with Crippen LogP contribution in [0.5, 0.6) is 0 Å². The van der Waals surface area contributed by atoms with Crippen molar-refractivity contribution in [2.75, 3.05) is 13.2 Å². The van der Waals surface area contributed by atoms with Gasteiger partial charge in [0.05, 0.1) is 0 Å². The molecule has 6 heteroatoms. The van der Waals surface area contributed by atoms with Gasteiger partial charge in [0.25, 0.3) is 0 Å². The van der Waals surface area contributed by atoms with E-state index in [0.29, 0.717) is 19.3 Å². The average Bonchev–Trinajstić information content (AvgIpc) is 3.39. The molecule has 0 rings (SSSR count). The third kappa shape index (κ3) is 58.6. The SMILES string of the molecule is CC/C=C\C/C=C\C/C=C\C/C=C\C/C=C\C/C=C\CCC(=O)OC[C@@H](COC(=O)CCCCCC/C=C\C/C=C\C/C=C\CCCCC)OC(=O)CCCCCCCCC/C=C\CCCCCCCCCC. The maximum absolute atomic E-state index is 12.9. The van der Waals surface area contributed by atoms with Crippen molar-refractivity contribution in [1.82, 2.24) is 0 Å². The van der Waals surface area contributed by atoms with Crippen molar-refractivity contribution in [1.29, 1.82) is 0 Å². The molecule has 0 aromatic carbocycles. The van der Waals surface area contributed by atoms with Gasteiger partial charge in [-0.3, -0.25) is 14.4 Å². The summed E-state index contributed by atoms with van der Waals surface area (Å²) in [6.07, 6.45) is 83.4. The standard InChI is InChI=1S/C67H110O6/c1-4-7-10-13-16-19-22-25-28-31-33-36-39-42-45-48-51-54-57-60-66(69)72-63-64(62-71-65(68)59-56-53-50-47-44-41-38-35-30-27-24-21-18-15-12-9-6-3)73-67(70)61-58-55-52-49-46-43-40-37-34-32-29-26-23-20-17-14-11-8-5-2/h7,10,16,18-19,21,25,27-28,30,32-34,36,38,41-42,45,51,54,64H,4-6,8-9,11-15,17,20,22-24,26,29,31,35,37,39-40,43-44,46-50,52-53,55-63H2,1-3H3/b10-7-,19-16-,21-18-,28-25-,30-27-,34-32-,36-33-,41-38-,45-42-,54-51-/t64-/m1/s1. The molecule has 0 heterocycles. The van der Waals surface area contributed by atoms with Gasteiger partial charge < -0.3 is 14.2 Å². The largest absolute Gasteiger partial charge is 0.462 e. The number of carbonyl (C=O) groups is 3. The first kappa shape index (κ1) is 68.8. The fraction of sp³-hybridized carbons (Fsp3) is 0.657. The summed E-state index contributed by atoms with van der Waals surface area (Å²) in [4.78, 5) is 38.2. The Hall–Kier alpha value is -4.19. The normalized spacial score (nSPS) is 13.0. The van der Waals surface area contributed by atoms with Crippen molar-refractivity contribution >= 4 is 17.9 Å². The number of hydrogen-bond donors (Lipinski definition) is 0. The zero-order valence-corrected chi connectivity index (χ0v) is 47.4. The molecule has 0 bridgehead atoms. The first-order valence-electron chi connectivity index (χ1n) is 30.0. The van der Waals surface area contributed by atoms with E-state index in [1.807, 2.05) is 6.08 Å². The molecule has 0 aromatic rings. The number of ether oxygens (including phenoxy) is 3. The second kappa shape index (κ2) is 60.4. The van der Waals surface area contributed by atoms with Crippen molar-refractivity contribution in [3.8, 4) is 0 Å². The van der Waals surface area contributed by atoms with Gasteiger partial charge in [-0.1, -0.05) is 245 Å². The molecule has 0 N–H and O–H groups in total. The highest BCUT2D eigenvalue weighted by Gasteiger charge is 2.19. The van der Waals surface area contributed by atoms with E-state index in [4.69, 9.17) is 14.2 Å². The molecular weight excluding hydrogens is 901 g/mol. The molecule has 0 unspecified atom stereocenters. The monoisotopic (exact) mass is 1010 g/mol. The van der Waals surface area contributed by atoms with E-state index in [9.17, 15) is 14.4 Å². The zero-order chi connectivity index (χ0) is 52.9. The number of hydrogen-bond acceptors (Lipinski definition) is 6. The van der Waals surface area contributed by atoms with E-state index >= 15 is 0 Å². The van der Waals surface area contributed by atoms with Crippen molar-refractivity contribution < 1.29 is 28.6 Å². The fourth-order valence-electron chi connectivity index (χ4n) is 7.94. The van der Waals surface area contributed by atoms with Gasteiger partial charge in [-0.25, -0.2) is 0 Å². The van der Waals surface area contributed by atoms with Gasteiger partial charge >= 0.3 is 17.9 Å². The Balaban J connectivity index is 4.55. The quantitative estimate of drug-likeness (QED) is 0.0261. The van der Waals surface area contributed by atoms with Crippen LogP contribution in [0.25, 0.3) is 0 Å². The highest BCUT2D eigenvalue weighted by Crippen LogP contribution is 2.14. The van der Waals surface area contributed by atoms with Gasteiger partial charge in [-0.2, -0.15) is 0 Å². The molecule has 0 saturated heterocycles. The summed E-state index contributed by atoms with van der Waals surface area (Å²) >= 11 is 0. The molecule has 0 aliphatic carbocycles. The van der Waals surface area contributed by atoms with Gasteiger partial charge in [0.1, 0.15) is 13.2 Å². The van der Waals surface area contributed by atoms with Crippen LogP contribution in [0, 0.1) is 0 Å². The van der Waals surface area contributed by atoms with E-state index in [1.165, 1.54) is 116 Å². The van der Waals surface area contributed by atoms with Crippen LogP contribution in [0.4, 0.5) is 0 Å². The van der Waals surface area contributed by atoms with E-state index in [1.54, 1.807) is 0 Å². The molecular formula is C67H110O6. The third-order valence-electron chi connectivity index (χ3n) is 12.4. The Morgan fingerprint density at radius 2 is 0.562 bits per heavy atom. The molecule has 0 aromatic heterocycles. The van der Waals surface area contributed by atoms with Crippen LogP contribution in [0.15, 0.2) is 122 Å². The van der Waals surface area contributed by atoms with Gasteiger partial charge in [-0.05, 0) is 122 Å². The van der Waals surface area contributed by atoms with Crippen molar-refractivity contribution in [3.63, 3.8) is 0 Å². The first-order valence-corrected chi connectivity index (χ1v) is 30.0. The van der Waals surface area contributed by atoms with Crippen molar-refractivity contribution in [3.05, 3.63) is 122 Å². The Morgan fingerprint density at radius 3 is 0.959 bits per heavy atom. The lowest BCUT2D eigenvalue weighted by Gasteiger charge is -2.18. The van der Waals surface area contributed by atoms with Crippen LogP contribution < -0.4 is 0 Å². The van der Waals surface area contributed by atoms with Crippen LogP contribution in [0.1, 0.15) is 265 Å². The summed E-state index contributed by atoms with van der Waals surface area (Å²) in [5.41, 5.74) is 0. The summed E-state index contributed by atoms with van der Waals surface area (Å²) in [7, 11) is 0. The summed E-state index contributed by atoms with van der Waals surface area (Å²) in [5.74, 6) is -1.03. The number of rotatable bonds is 53. The predicted molar refractivity (Wildman–Crippen MR) is 316 cm³/mol. The molecule has 0 aliphatic heterocycles. The van der Waals surface area contributed by atoms with Gasteiger partial charge in [-0.15, -0.1) is 0 Å². The summed E-state index contributed by atoms with van der Waals surface area (Å²) in [6.45, 7) is 6.42. The van der Waals surface area contributed by atoms with Crippen LogP contribution in [-0.2, 0) is 28.6 Å². The van der Waals surface area contributed by atoms with E-state index in [-0.39, 0.29) is 37.5 Å². The van der Waals surface area contributed by atoms with Crippen molar-refractivity contribution in [2.45, 2.75) is 271 Å². The molecule has 0 radical (unpaired) electrons. The van der Waals surface area contributed by atoms with Gasteiger partial charge in [0, 0.05) is 19.3 Å². The van der Waals surface area contributed by atoms with Crippen LogP contribution in [0.2, 0.25) is 0 Å². The molecule has 6 nitrogen and oxygen atoms in total. The molecule has 414 valence electrons. The number of unbranched alkanes of at least 4 members (excludes halogenated alkanes) is 22. The van der Waals surface area contributed by atoms with E-state index < -0.39 is 6.10 Å². The van der Waals surface area contributed by atoms with E-state index in [0.717, 1.165) is 103 Å². The minimum atomic E-state index is -0.825.